The molecular weight excluding hydrogens is 379 g/mol. The van der Waals surface area contributed by atoms with Gasteiger partial charge in [0.05, 0.1) is 13.7 Å². The molecule has 1 aliphatic heterocycles. The zero-order chi connectivity index (χ0) is 21.4. The molecule has 0 saturated carbocycles. The maximum Gasteiger partial charge on any atom is 0.126 e. The summed E-state index contributed by atoms with van der Waals surface area (Å²) >= 11 is 0. The molecular formula is C26H35FO3. The molecule has 0 bridgehead atoms. The Kier molecular flexibility index (Phi) is 8.15. The van der Waals surface area contributed by atoms with Gasteiger partial charge in [0.15, 0.2) is 0 Å². The van der Waals surface area contributed by atoms with Crippen LogP contribution in [0.3, 0.4) is 0 Å². The van der Waals surface area contributed by atoms with Crippen LogP contribution in [0.25, 0.3) is 0 Å². The Morgan fingerprint density at radius 3 is 2.33 bits per heavy atom. The molecule has 0 spiro atoms. The van der Waals surface area contributed by atoms with Crippen molar-refractivity contribution in [3.05, 3.63) is 59.4 Å². The normalized spacial score (nSPS) is 20.5. The van der Waals surface area contributed by atoms with Crippen LogP contribution in [0.15, 0.2) is 42.5 Å². The molecule has 4 heteroatoms. The lowest BCUT2D eigenvalue weighted by atomic mass is 9.66. The molecule has 164 valence electrons. The van der Waals surface area contributed by atoms with Crippen molar-refractivity contribution >= 4 is 0 Å². The number of benzene rings is 2. The minimum absolute atomic E-state index is 0.198. The van der Waals surface area contributed by atoms with Crippen LogP contribution in [0.2, 0.25) is 0 Å². The van der Waals surface area contributed by atoms with Gasteiger partial charge in [-0.15, -0.1) is 0 Å². The van der Waals surface area contributed by atoms with E-state index in [1.54, 1.807) is 19.2 Å². The van der Waals surface area contributed by atoms with Crippen LogP contribution in [-0.4, -0.2) is 25.4 Å². The molecule has 0 aromatic heterocycles. The van der Waals surface area contributed by atoms with E-state index in [1.165, 1.54) is 31.2 Å². The van der Waals surface area contributed by atoms with Gasteiger partial charge < -0.3 is 14.6 Å². The highest BCUT2D eigenvalue weighted by atomic mass is 19.1. The molecule has 0 saturated heterocycles. The summed E-state index contributed by atoms with van der Waals surface area (Å²) in [5.74, 6) is 1.82. The van der Waals surface area contributed by atoms with E-state index in [4.69, 9.17) is 14.6 Å². The number of fused-ring (bicyclic) bond motifs is 1. The van der Waals surface area contributed by atoms with Gasteiger partial charge in [0.2, 0.25) is 0 Å². The molecule has 0 aliphatic carbocycles. The third kappa shape index (κ3) is 5.34. The molecule has 1 N–H and O–H groups in total. The zero-order valence-corrected chi connectivity index (χ0v) is 18.3. The highest BCUT2D eigenvalue weighted by Gasteiger charge is 2.42. The minimum Gasteiger partial charge on any atom is -0.497 e. The Morgan fingerprint density at radius 1 is 1.00 bits per heavy atom. The van der Waals surface area contributed by atoms with E-state index in [0.29, 0.717) is 19.1 Å². The van der Waals surface area contributed by atoms with E-state index in [1.807, 2.05) is 24.3 Å². The number of methoxy groups -OCH3 is 1. The van der Waals surface area contributed by atoms with Gasteiger partial charge in [-0.05, 0) is 42.2 Å². The summed E-state index contributed by atoms with van der Waals surface area (Å²) in [7, 11) is 1.67. The minimum atomic E-state index is -0.207. The number of aliphatic hydroxyl groups excluding tert-OH is 1. The molecule has 1 aliphatic rings. The Bertz CT molecular complexity index is 789. The van der Waals surface area contributed by atoms with Gasteiger partial charge in [0, 0.05) is 24.0 Å². The predicted octanol–water partition coefficient (Wildman–Crippen LogP) is 6.38. The Morgan fingerprint density at radius 2 is 1.67 bits per heavy atom. The predicted molar refractivity (Wildman–Crippen MR) is 119 cm³/mol. The van der Waals surface area contributed by atoms with Crippen molar-refractivity contribution in [3.63, 3.8) is 0 Å². The quantitative estimate of drug-likeness (QED) is 0.434. The molecule has 2 atom stereocenters. The third-order valence-corrected chi connectivity index (χ3v) is 6.55. The maximum absolute atomic E-state index is 13.5. The van der Waals surface area contributed by atoms with Crippen molar-refractivity contribution in [2.24, 2.45) is 0 Å². The van der Waals surface area contributed by atoms with E-state index < -0.39 is 0 Å². The molecule has 2 aromatic carbocycles. The second-order valence-electron chi connectivity index (χ2n) is 8.66. The molecule has 2 unspecified atom stereocenters. The second-order valence-corrected chi connectivity index (χ2v) is 8.66. The Balaban J connectivity index is 1.73. The van der Waals surface area contributed by atoms with E-state index in [-0.39, 0.29) is 11.2 Å². The number of hydrogen-bond acceptors (Lipinski definition) is 3. The summed E-state index contributed by atoms with van der Waals surface area (Å²) in [6, 6.07) is 13.0. The van der Waals surface area contributed by atoms with Gasteiger partial charge >= 0.3 is 0 Å². The molecule has 3 nitrogen and oxygen atoms in total. The second kappa shape index (κ2) is 10.8. The number of ether oxygens (including phenoxy) is 2. The van der Waals surface area contributed by atoms with Gasteiger partial charge in [-0.25, -0.2) is 4.39 Å². The zero-order valence-electron chi connectivity index (χ0n) is 18.3. The van der Waals surface area contributed by atoms with Crippen molar-refractivity contribution in [2.45, 2.75) is 69.6 Å². The Labute approximate surface area is 180 Å². The lowest BCUT2D eigenvalue weighted by Crippen LogP contribution is -2.40. The molecule has 2 aromatic rings. The number of halogens is 1. The molecule has 0 radical (unpaired) electrons. The van der Waals surface area contributed by atoms with Crippen molar-refractivity contribution in [1.29, 1.82) is 0 Å². The first kappa shape index (κ1) is 22.6. The maximum atomic E-state index is 13.5. The first-order valence-corrected chi connectivity index (χ1v) is 11.3. The van der Waals surface area contributed by atoms with Crippen LogP contribution < -0.4 is 9.47 Å². The van der Waals surface area contributed by atoms with Gasteiger partial charge in [-0.1, -0.05) is 63.6 Å². The van der Waals surface area contributed by atoms with Gasteiger partial charge in [0.25, 0.3) is 0 Å². The molecule has 0 fully saturated rings. The third-order valence-electron chi connectivity index (χ3n) is 6.55. The van der Waals surface area contributed by atoms with Crippen molar-refractivity contribution in [3.8, 4) is 11.5 Å². The number of hydrogen-bond donors (Lipinski definition) is 1. The van der Waals surface area contributed by atoms with E-state index in [2.05, 4.69) is 13.0 Å². The van der Waals surface area contributed by atoms with Crippen molar-refractivity contribution < 1.29 is 19.0 Å². The fraction of sp³-hybridized carbons (Fsp3) is 0.538. The monoisotopic (exact) mass is 414 g/mol. The highest BCUT2D eigenvalue weighted by molar-refractivity contribution is 5.48. The lowest BCUT2D eigenvalue weighted by Gasteiger charge is -2.43. The highest BCUT2D eigenvalue weighted by Crippen LogP contribution is 2.49. The standard InChI is InChI=1S/C26H35FO3/c1-26(20-11-13-21(27)14-12-20)19-30-25-18-22(29-2)15-16-23(25)24(26)10-8-6-4-3-5-7-9-17-28/h11-16,18,24,28H,3-10,17,19H2,1-2H3. The van der Waals surface area contributed by atoms with E-state index in [9.17, 15) is 4.39 Å². The smallest absolute Gasteiger partial charge is 0.126 e. The molecule has 3 rings (SSSR count). The summed E-state index contributed by atoms with van der Waals surface area (Å²) < 4.78 is 25.1. The molecule has 30 heavy (non-hydrogen) atoms. The SMILES string of the molecule is COc1ccc2c(c1)OCC(C)(c1ccc(F)cc1)C2CCCCCCCCCO. The largest absolute Gasteiger partial charge is 0.497 e. The van der Waals surface area contributed by atoms with Crippen LogP contribution in [-0.2, 0) is 5.41 Å². The average molecular weight is 415 g/mol. The first-order chi connectivity index (χ1) is 14.6. The van der Waals surface area contributed by atoms with Crippen LogP contribution in [0, 0.1) is 5.82 Å². The fourth-order valence-electron chi connectivity index (χ4n) is 4.66. The number of unbranched alkanes of at least 4 members (excludes halogenated alkanes) is 6. The summed E-state index contributed by atoms with van der Waals surface area (Å²) in [4.78, 5) is 0. The van der Waals surface area contributed by atoms with Crippen molar-refractivity contribution in [2.75, 3.05) is 20.3 Å². The average Bonchev–Trinajstić information content (AvgIpc) is 2.77. The fourth-order valence-corrected chi connectivity index (χ4v) is 4.66. The summed E-state index contributed by atoms with van der Waals surface area (Å²) in [5.41, 5.74) is 2.15. The van der Waals surface area contributed by atoms with Gasteiger partial charge in [-0.2, -0.15) is 0 Å². The van der Waals surface area contributed by atoms with E-state index in [0.717, 1.165) is 42.7 Å². The van der Waals surface area contributed by atoms with Crippen LogP contribution in [0.5, 0.6) is 11.5 Å². The lowest BCUT2D eigenvalue weighted by molar-refractivity contribution is 0.162. The Hall–Kier alpha value is -2.07. The summed E-state index contributed by atoms with van der Waals surface area (Å²) in [6.45, 7) is 3.12. The number of aliphatic hydroxyl groups is 1. The van der Waals surface area contributed by atoms with Gasteiger partial charge in [-0.3, -0.25) is 0 Å². The molecule has 1 heterocycles. The van der Waals surface area contributed by atoms with Crippen LogP contribution in [0.1, 0.15) is 75.3 Å². The summed E-state index contributed by atoms with van der Waals surface area (Å²) in [6.07, 6.45) is 9.15. The van der Waals surface area contributed by atoms with Crippen LogP contribution >= 0.6 is 0 Å². The first-order valence-electron chi connectivity index (χ1n) is 11.3. The van der Waals surface area contributed by atoms with Crippen molar-refractivity contribution in [1.82, 2.24) is 0 Å². The van der Waals surface area contributed by atoms with Crippen LogP contribution in [0.4, 0.5) is 4.39 Å². The topological polar surface area (TPSA) is 38.7 Å². The number of rotatable bonds is 11. The van der Waals surface area contributed by atoms with Gasteiger partial charge in [0.1, 0.15) is 17.3 Å². The summed E-state index contributed by atoms with van der Waals surface area (Å²) in [5, 5.41) is 8.88. The molecule has 0 amide bonds. The van der Waals surface area contributed by atoms with E-state index >= 15 is 0 Å².